The van der Waals surface area contributed by atoms with Crippen LogP contribution < -0.4 is 0 Å². The summed E-state index contributed by atoms with van der Waals surface area (Å²) in [6.07, 6.45) is 1.69. The van der Waals surface area contributed by atoms with Crippen LogP contribution in [0.5, 0.6) is 0 Å². The van der Waals surface area contributed by atoms with Gasteiger partial charge in [0.05, 0.1) is 10.8 Å². The SMILES string of the molecule is CCS(=O)(=O)C1CN(C(=O)c2c[nH]c3ccccc23)C1. The zero-order chi connectivity index (χ0) is 14.3. The first-order valence-corrected chi connectivity index (χ1v) is 8.31. The number of sulfone groups is 1. The lowest BCUT2D eigenvalue weighted by molar-refractivity contribution is 0.0661. The number of hydrogen-bond acceptors (Lipinski definition) is 3. The Morgan fingerprint density at radius 3 is 2.75 bits per heavy atom. The molecule has 1 aliphatic rings. The van der Waals surface area contributed by atoms with Crippen LogP contribution in [0.4, 0.5) is 0 Å². The van der Waals surface area contributed by atoms with Gasteiger partial charge in [-0.15, -0.1) is 0 Å². The molecule has 1 aromatic heterocycles. The second kappa shape index (κ2) is 4.63. The fourth-order valence-corrected chi connectivity index (χ4v) is 3.77. The van der Waals surface area contributed by atoms with E-state index in [9.17, 15) is 13.2 Å². The summed E-state index contributed by atoms with van der Waals surface area (Å²) in [6, 6.07) is 7.58. The van der Waals surface area contributed by atoms with Crippen molar-refractivity contribution >= 4 is 26.6 Å². The monoisotopic (exact) mass is 292 g/mol. The van der Waals surface area contributed by atoms with Gasteiger partial charge in [0.2, 0.25) is 0 Å². The average Bonchev–Trinajstić information content (AvgIpc) is 2.80. The van der Waals surface area contributed by atoms with Gasteiger partial charge in [-0.3, -0.25) is 4.79 Å². The lowest BCUT2D eigenvalue weighted by Crippen LogP contribution is -2.57. The Balaban J connectivity index is 1.79. The summed E-state index contributed by atoms with van der Waals surface area (Å²) in [5.41, 5.74) is 1.52. The summed E-state index contributed by atoms with van der Waals surface area (Å²) in [5.74, 6) is 0.0253. The van der Waals surface area contributed by atoms with Gasteiger partial charge >= 0.3 is 0 Å². The van der Waals surface area contributed by atoms with Crippen molar-refractivity contribution in [2.45, 2.75) is 12.2 Å². The summed E-state index contributed by atoms with van der Waals surface area (Å²) in [4.78, 5) is 17.0. The molecule has 0 atom stereocenters. The summed E-state index contributed by atoms with van der Waals surface area (Å²) in [7, 11) is -3.04. The molecule has 1 amide bonds. The third-order valence-corrected chi connectivity index (χ3v) is 5.98. The number of carbonyl (C=O) groups is 1. The van der Waals surface area contributed by atoms with Crippen LogP contribution in [0.25, 0.3) is 10.9 Å². The molecule has 106 valence electrons. The third-order valence-electron chi connectivity index (χ3n) is 3.87. The molecule has 6 heteroatoms. The van der Waals surface area contributed by atoms with Crippen molar-refractivity contribution in [2.24, 2.45) is 0 Å². The van der Waals surface area contributed by atoms with Crippen molar-refractivity contribution in [3.05, 3.63) is 36.0 Å². The second-order valence-corrected chi connectivity index (χ2v) is 7.60. The molecule has 0 aliphatic carbocycles. The molecule has 1 fully saturated rings. The standard InChI is InChI=1S/C14H16N2O3S/c1-2-20(18,19)10-8-16(9-10)14(17)12-7-15-13-6-4-3-5-11(12)13/h3-7,10,15H,2,8-9H2,1H3. The van der Waals surface area contributed by atoms with Crippen LogP contribution in [-0.2, 0) is 9.84 Å². The molecule has 0 spiro atoms. The number of carbonyl (C=O) groups excluding carboxylic acids is 1. The number of benzene rings is 1. The number of rotatable bonds is 3. The minimum absolute atomic E-state index is 0.106. The molecule has 5 nitrogen and oxygen atoms in total. The van der Waals surface area contributed by atoms with E-state index in [4.69, 9.17) is 0 Å². The highest BCUT2D eigenvalue weighted by molar-refractivity contribution is 7.92. The smallest absolute Gasteiger partial charge is 0.256 e. The number of nitrogens with zero attached hydrogens (tertiary/aromatic N) is 1. The Kier molecular flexibility index (Phi) is 3.05. The van der Waals surface area contributed by atoms with Crippen molar-refractivity contribution < 1.29 is 13.2 Å². The first-order chi connectivity index (χ1) is 9.53. The predicted octanol–water partition coefficient (Wildman–Crippen LogP) is 1.43. The Bertz CT molecular complexity index is 758. The highest BCUT2D eigenvalue weighted by atomic mass is 32.2. The van der Waals surface area contributed by atoms with Gasteiger partial charge in [0.25, 0.3) is 5.91 Å². The number of amides is 1. The molecule has 20 heavy (non-hydrogen) atoms. The number of likely N-dealkylation sites (tertiary alicyclic amines) is 1. The van der Waals surface area contributed by atoms with Gasteiger partial charge in [0.15, 0.2) is 9.84 Å². The van der Waals surface area contributed by atoms with E-state index in [1.54, 1.807) is 18.0 Å². The zero-order valence-corrected chi connectivity index (χ0v) is 12.0. The fraction of sp³-hybridized carbons (Fsp3) is 0.357. The molecule has 2 aromatic rings. The highest BCUT2D eigenvalue weighted by Crippen LogP contribution is 2.24. The van der Waals surface area contributed by atoms with E-state index in [2.05, 4.69) is 4.98 Å². The summed E-state index contributed by atoms with van der Waals surface area (Å²) < 4.78 is 23.4. The van der Waals surface area contributed by atoms with Crippen molar-refractivity contribution in [3.8, 4) is 0 Å². The summed E-state index contributed by atoms with van der Waals surface area (Å²) in [6.45, 7) is 2.24. The fourth-order valence-electron chi connectivity index (χ4n) is 2.49. The number of nitrogens with one attached hydrogen (secondary N) is 1. The number of fused-ring (bicyclic) bond motifs is 1. The number of hydrogen-bond donors (Lipinski definition) is 1. The minimum Gasteiger partial charge on any atom is -0.360 e. The molecule has 1 N–H and O–H groups in total. The average molecular weight is 292 g/mol. The lowest BCUT2D eigenvalue weighted by atomic mass is 10.1. The van der Waals surface area contributed by atoms with Crippen LogP contribution in [0.15, 0.2) is 30.5 Å². The topological polar surface area (TPSA) is 70.2 Å². The van der Waals surface area contributed by atoms with E-state index < -0.39 is 15.1 Å². The third kappa shape index (κ3) is 2.00. The minimum atomic E-state index is -3.04. The van der Waals surface area contributed by atoms with Crippen LogP contribution in [0.1, 0.15) is 17.3 Å². The van der Waals surface area contributed by atoms with Crippen molar-refractivity contribution in [2.75, 3.05) is 18.8 Å². The van der Waals surface area contributed by atoms with Gasteiger partial charge in [-0.1, -0.05) is 25.1 Å². The van der Waals surface area contributed by atoms with Crippen LogP contribution in [0.2, 0.25) is 0 Å². The molecule has 3 rings (SSSR count). The van der Waals surface area contributed by atoms with Gasteiger partial charge in [0, 0.05) is 35.9 Å². The van der Waals surface area contributed by atoms with Crippen molar-refractivity contribution in [3.63, 3.8) is 0 Å². The van der Waals surface area contributed by atoms with E-state index in [1.807, 2.05) is 24.3 Å². The molecule has 0 unspecified atom stereocenters. The summed E-state index contributed by atoms with van der Waals surface area (Å²) >= 11 is 0. The van der Waals surface area contributed by atoms with Crippen LogP contribution in [0.3, 0.4) is 0 Å². The maximum atomic E-state index is 12.4. The lowest BCUT2D eigenvalue weighted by Gasteiger charge is -2.38. The number of aromatic nitrogens is 1. The van der Waals surface area contributed by atoms with Gasteiger partial charge in [-0.2, -0.15) is 0 Å². The number of aromatic amines is 1. The second-order valence-electron chi connectivity index (χ2n) is 5.03. The van der Waals surface area contributed by atoms with Crippen LogP contribution in [-0.4, -0.2) is 48.3 Å². The van der Waals surface area contributed by atoms with Crippen molar-refractivity contribution in [1.29, 1.82) is 0 Å². The maximum Gasteiger partial charge on any atom is 0.256 e. The Morgan fingerprint density at radius 1 is 1.35 bits per heavy atom. The first kappa shape index (κ1) is 13.2. The summed E-state index contributed by atoms with van der Waals surface area (Å²) in [5, 5.41) is 0.473. The van der Waals surface area contributed by atoms with E-state index in [1.165, 1.54) is 0 Å². The largest absolute Gasteiger partial charge is 0.360 e. The predicted molar refractivity (Wildman–Crippen MR) is 77.5 cm³/mol. The van der Waals surface area contributed by atoms with Gasteiger partial charge < -0.3 is 9.88 Å². The van der Waals surface area contributed by atoms with Crippen LogP contribution >= 0.6 is 0 Å². The van der Waals surface area contributed by atoms with Gasteiger partial charge in [0.1, 0.15) is 0 Å². The molecule has 0 bridgehead atoms. The molecule has 2 heterocycles. The molecule has 0 radical (unpaired) electrons. The zero-order valence-electron chi connectivity index (χ0n) is 11.2. The Hall–Kier alpha value is -1.82. The number of H-pyrrole nitrogens is 1. The van der Waals surface area contributed by atoms with E-state index in [0.29, 0.717) is 18.7 Å². The van der Waals surface area contributed by atoms with E-state index >= 15 is 0 Å². The highest BCUT2D eigenvalue weighted by Gasteiger charge is 2.39. The molecular weight excluding hydrogens is 276 g/mol. The van der Waals surface area contributed by atoms with Crippen LogP contribution in [0, 0.1) is 0 Å². The molecule has 0 saturated carbocycles. The Morgan fingerprint density at radius 2 is 2.05 bits per heavy atom. The number of para-hydroxylation sites is 1. The quantitative estimate of drug-likeness (QED) is 0.930. The van der Waals surface area contributed by atoms with Crippen molar-refractivity contribution in [1.82, 2.24) is 9.88 Å². The normalized spacial score (nSPS) is 16.4. The molecule has 1 saturated heterocycles. The Labute approximate surface area is 117 Å². The van der Waals surface area contributed by atoms with Gasteiger partial charge in [-0.25, -0.2) is 8.42 Å². The molecular formula is C14H16N2O3S. The van der Waals surface area contributed by atoms with Gasteiger partial charge in [-0.05, 0) is 6.07 Å². The first-order valence-electron chi connectivity index (χ1n) is 6.60. The maximum absolute atomic E-state index is 12.4. The van der Waals surface area contributed by atoms with E-state index in [-0.39, 0.29) is 11.7 Å². The molecule has 1 aromatic carbocycles. The molecule has 1 aliphatic heterocycles. The van der Waals surface area contributed by atoms with E-state index in [0.717, 1.165) is 10.9 Å².